The van der Waals surface area contributed by atoms with Gasteiger partial charge in [0, 0.05) is 25.8 Å². The summed E-state index contributed by atoms with van der Waals surface area (Å²) in [6, 6.07) is 4.62. The third-order valence-electron chi connectivity index (χ3n) is 6.37. The van der Waals surface area contributed by atoms with Gasteiger partial charge < -0.3 is 10.0 Å². The van der Waals surface area contributed by atoms with Gasteiger partial charge in [0.2, 0.25) is 11.8 Å². The van der Waals surface area contributed by atoms with Crippen LogP contribution in [-0.2, 0) is 9.59 Å². The molecule has 150 valence electrons. The van der Waals surface area contributed by atoms with Gasteiger partial charge >= 0.3 is 0 Å². The number of fused-ring (bicyclic) bond motifs is 1. The van der Waals surface area contributed by atoms with Crippen molar-refractivity contribution in [1.29, 1.82) is 0 Å². The highest BCUT2D eigenvalue weighted by Crippen LogP contribution is 2.42. The van der Waals surface area contributed by atoms with Crippen molar-refractivity contribution >= 4 is 28.9 Å². The molecule has 3 unspecified atom stereocenters. The Balaban J connectivity index is 1.66. The number of nitro groups is 1. The van der Waals surface area contributed by atoms with E-state index in [9.17, 15) is 24.8 Å². The summed E-state index contributed by atoms with van der Waals surface area (Å²) in [6.45, 7) is 1.30. The molecule has 2 aliphatic heterocycles. The normalized spacial score (nSPS) is 27.8. The van der Waals surface area contributed by atoms with Crippen LogP contribution in [0.1, 0.15) is 38.5 Å². The smallest absolute Gasteiger partial charge is 0.294 e. The lowest BCUT2D eigenvalue weighted by molar-refractivity contribution is -0.384. The van der Waals surface area contributed by atoms with Crippen molar-refractivity contribution in [1.82, 2.24) is 0 Å². The van der Waals surface area contributed by atoms with Gasteiger partial charge in [-0.1, -0.05) is 12.8 Å². The quantitative estimate of drug-likeness (QED) is 0.484. The Morgan fingerprint density at radius 3 is 2.36 bits per heavy atom. The Hall–Kier alpha value is -2.48. The van der Waals surface area contributed by atoms with E-state index in [0.29, 0.717) is 31.6 Å². The summed E-state index contributed by atoms with van der Waals surface area (Å²) in [6.07, 6.45) is 5.06. The first-order chi connectivity index (χ1) is 13.5. The summed E-state index contributed by atoms with van der Waals surface area (Å²) in [5, 5.41) is 21.2. The number of anilines is 2. The first kappa shape index (κ1) is 18.9. The van der Waals surface area contributed by atoms with Gasteiger partial charge in [0.15, 0.2) is 0 Å². The Kier molecular flexibility index (Phi) is 5.05. The second kappa shape index (κ2) is 7.50. The molecule has 1 aromatic rings. The molecule has 1 aromatic carbocycles. The van der Waals surface area contributed by atoms with Crippen molar-refractivity contribution < 1.29 is 19.6 Å². The van der Waals surface area contributed by atoms with Crippen LogP contribution in [0.5, 0.6) is 0 Å². The molecule has 1 saturated carbocycles. The molecule has 4 rings (SSSR count). The molecule has 2 heterocycles. The number of carbonyl (C=O) groups is 2. The van der Waals surface area contributed by atoms with Crippen LogP contribution in [0.4, 0.5) is 17.1 Å². The number of rotatable bonds is 4. The van der Waals surface area contributed by atoms with Crippen LogP contribution in [0.25, 0.3) is 0 Å². The molecule has 2 amide bonds. The van der Waals surface area contributed by atoms with E-state index in [4.69, 9.17) is 0 Å². The average Bonchev–Trinajstić information content (AvgIpc) is 2.98. The Morgan fingerprint density at radius 1 is 1.07 bits per heavy atom. The summed E-state index contributed by atoms with van der Waals surface area (Å²) >= 11 is 0. The molecule has 1 N–H and O–H groups in total. The number of hydrogen-bond donors (Lipinski definition) is 1. The predicted octanol–water partition coefficient (Wildman–Crippen LogP) is 2.48. The van der Waals surface area contributed by atoms with Gasteiger partial charge in [0.1, 0.15) is 5.69 Å². The maximum Gasteiger partial charge on any atom is 0.294 e. The van der Waals surface area contributed by atoms with Crippen LogP contribution < -0.4 is 9.80 Å². The SMILES string of the molecule is O=C1C2CCCCC2C(=O)N1c1ccc(N2CCCC(CO)C2)c([N+](=O)[O-])c1. The average molecular weight is 387 g/mol. The number of nitrogens with zero attached hydrogens (tertiary/aromatic N) is 3. The van der Waals surface area contributed by atoms with E-state index in [1.54, 1.807) is 12.1 Å². The molecule has 0 bridgehead atoms. The monoisotopic (exact) mass is 387 g/mol. The van der Waals surface area contributed by atoms with Crippen LogP contribution in [0.15, 0.2) is 18.2 Å². The fourth-order valence-corrected chi connectivity index (χ4v) is 4.91. The van der Waals surface area contributed by atoms with E-state index < -0.39 is 4.92 Å². The molecule has 8 nitrogen and oxygen atoms in total. The van der Waals surface area contributed by atoms with Crippen molar-refractivity contribution in [2.45, 2.75) is 38.5 Å². The van der Waals surface area contributed by atoms with Gasteiger partial charge in [0.25, 0.3) is 5.69 Å². The van der Waals surface area contributed by atoms with E-state index >= 15 is 0 Å². The Bertz CT molecular complexity index is 787. The minimum absolute atomic E-state index is 0.0575. The lowest BCUT2D eigenvalue weighted by Crippen LogP contribution is -2.37. The highest BCUT2D eigenvalue weighted by molar-refractivity contribution is 6.22. The third kappa shape index (κ3) is 3.15. The molecular weight excluding hydrogens is 362 g/mol. The van der Waals surface area contributed by atoms with Gasteiger partial charge in [-0.15, -0.1) is 0 Å². The molecule has 3 fully saturated rings. The van der Waals surface area contributed by atoms with Gasteiger partial charge in [-0.2, -0.15) is 0 Å². The first-order valence-corrected chi connectivity index (χ1v) is 10.0. The fourth-order valence-electron chi connectivity index (χ4n) is 4.91. The number of amides is 2. The number of hydrogen-bond acceptors (Lipinski definition) is 6. The van der Waals surface area contributed by atoms with Crippen molar-refractivity contribution in [2.75, 3.05) is 29.5 Å². The Labute approximate surface area is 163 Å². The van der Waals surface area contributed by atoms with Crippen molar-refractivity contribution in [3.05, 3.63) is 28.3 Å². The number of piperidine rings is 1. The van der Waals surface area contributed by atoms with Gasteiger partial charge in [0.05, 0.1) is 22.4 Å². The van der Waals surface area contributed by atoms with Gasteiger partial charge in [-0.05, 0) is 43.7 Å². The molecule has 0 radical (unpaired) electrons. The van der Waals surface area contributed by atoms with Crippen LogP contribution in [0, 0.1) is 27.9 Å². The maximum absolute atomic E-state index is 12.8. The highest BCUT2D eigenvalue weighted by Gasteiger charge is 2.49. The van der Waals surface area contributed by atoms with Crippen LogP contribution in [-0.4, -0.2) is 41.5 Å². The molecule has 0 spiro atoms. The lowest BCUT2D eigenvalue weighted by Gasteiger charge is -2.33. The molecular formula is C20H25N3O5. The molecule has 3 atom stereocenters. The first-order valence-electron chi connectivity index (χ1n) is 10.0. The number of aliphatic hydroxyl groups is 1. The third-order valence-corrected chi connectivity index (χ3v) is 6.37. The number of imide groups is 1. The van der Waals surface area contributed by atoms with Crippen LogP contribution >= 0.6 is 0 Å². The van der Waals surface area contributed by atoms with Crippen molar-refractivity contribution in [3.8, 4) is 0 Å². The molecule has 8 heteroatoms. The standard InChI is InChI=1S/C20H25N3O5/c24-12-13-4-3-9-21(11-13)17-8-7-14(10-18(17)23(27)28)22-19(25)15-5-1-2-6-16(15)20(22)26/h7-8,10,13,15-16,24H,1-6,9,11-12H2. The predicted molar refractivity (Wildman–Crippen MR) is 103 cm³/mol. The second-order valence-corrected chi connectivity index (χ2v) is 8.08. The zero-order valence-electron chi connectivity index (χ0n) is 15.7. The van der Waals surface area contributed by atoms with E-state index in [0.717, 1.165) is 30.6 Å². The summed E-state index contributed by atoms with van der Waals surface area (Å²) in [7, 11) is 0. The summed E-state index contributed by atoms with van der Waals surface area (Å²) in [4.78, 5) is 39.9. The van der Waals surface area contributed by atoms with Crippen molar-refractivity contribution in [2.24, 2.45) is 17.8 Å². The number of nitro benzene ring substituents is 1. The number of aliphatic hydroxyl groups excluding tert-OH is 1. The molecule has 28 heavy (non-hydrogen) atoms. The molecule has 3 aliphatic rings. The number of carbonyl (C=O) groups excluding carboxylic acids is 2. The van der Waals surface area contributed by atoms with Crippen LogP contribution in [0.2, 0.25) is 0 Å². The van der Waals surface area contributed by atoms with E-state index in [1.807, 2.05) is 4.90 Å². The molecule has 2 saturated heterocycles. The topological polar surface area (TPSA) is 104 Å². The lowest BCUT2D eigenvalue weighted by atomic mass is 9.81. The van der Waals surface area contributed by atoms with Gasteiger partial charge in [-0.25, -0.2) is 4.90 Å². The van der Waals surface area contributed by atoms with E-state index in [2.05, 4.69) is 0 Å². The summed E-state index contributed by atoms with van der Waals surface area (Å²) in [5.74, 6) is -0.928. The minimum Gasteiger partial charge on any atom is -0.396 e. The van der Waals surface area contributed by atoms with Crippen molar-refractivity contribution in [3.63, 3.8) is 0 Å². The maximum atomic E-state index is 12.8. The number of benzene rings is 1. The largest absolute Gasteiger partial charge is 0.396 e. The van der Waals surface area contributed by atoms with E-state index in [1.165, 1.54) is 6.07 Å². The molecule has 0 aromatic heterocycles. The highest BCUT2D eigenvalue weighted by atomic mass is 16.6. The summed E-state index contributed by atoms with van der Waals surface area (Å²) in [5.41, 5.74) is 0.658. The van der Waals surface area contributed by atoms with Gasteiger partial charge in [-0.3, -0.25) is 19.7 Å². The zero-order chi connectivity index (χ0) is 19.8. The van der Waals surface area contributed by atoms with Crippen LogP contribution in [0.3, 0.4) is 0 Å². The fraction of sp³-hybridized carbons (Fsp3) is 0.600. The zero-order valence-corrected chi connectivity index (χ0v) is 15.7. The Morgan fingerprint density at radius 2 is 1.75 bits per heavy atom. The molecule has 1 aliphatic carbocycles. The second-order valence-electron chi connectivity index (χ2n) is 8.08. The minimum atomic E-state index is -0.459. The summed E-state index contributed by atoms with van der Waals surface area (Å²) < 4.78 is 0. The van der Waals surface area contributed by atoms with E-state index in [-0.39, 0.29) is 47.5 Å².